The normalized spacial score (nSPS) is 15.2. The van der Waals surface area contributed by atoms with Gasteiger partial charge in [-0.2, -0.15) is 0 Å². The van der Waals surface area contributed by atoms with Gasteiger partial charge in [-0.15, -0.1) is 0 Å². The Labute approximate surface area is 234 Å². The lowest BCUT2D eigenvalue weighted by Gasteiger charge is -2.21. The van der Waals surface area contributed by atoms with Crippen LogP contribution >= 0.6 is 0 Å². The molecule has 5 aromatic carbocycles. The van der Waals surface area contributed by atoms with Crippen LogP contribution in [0.15, 0.2) is 151 Å². The van der Waals surface area contributed by atoms with Crippen LogP contribution in [0.2, 0.25) is 0 Å². The van der Waals surface area contributed by atoms with Crippen molar-refractivity contribution in [2.45, 2.75) is 5.92 Å². The van der Waals surface area contributed by atoms with E-state index in [0.29, 0.717) is 5.71 Å². The highest BCUT2D eigenvalue weighted by Crippen LogP contribution is 2.35. The third-order valence-electron chi connectivity index (χ3n) is 7.79. The largest absolute Gasteiger partial charge is 0.354 e. The van der Waals surface area contributed by atoms with Gasteiger partial charge in [0.2, 0.25) is 0 Å². The summed E-state index contributed by atoms with van der Waals surface area (Å²) in [6, 6.07) is 42.8. The number of hydrogen-bond donors (Lipinski definition) is 2. The summed E-state index contributed by atoms with van der Waals surface area (Å²) in [6.45, 7) is 0. The van der Waals surface area contributed by atoms with Gasteiger partial charge in [0.15, 0.2) is 0 Å². The fourth-order valence-corrected chi connectivity index (χ4v) is 5.74. The number of H-pyrrole nitrogens is 1. The molecule has 190 valence electrons. The van der Waals surface area contributed by atoms with Crippen molar-refractivity contribution in [2.24, 2.45) is 0 Å². The number of para-hydroxylation sites is 2. The Hall–Kier alpha value is -5.21. The number of nitrogens with one attached hydrogen (secondary N) is 2. The van der Waals surface area contributed by atoms with Crippen LogP contribution in [0, 0.1) is 5.41 Å². The van der Waals surface area contributed by atoms with Gasteiger partial charge < -0.3 is 10.4 Å². The number of aromatic amines is 1. The summed E-state index contributed by atoms with van der Waals surface area (Å²) in [7, 11) is 0. The summed E-state index contributed by atoms with van der Waals surface area (Å²) < 4.78 is 0. The van der Waals surface area contributed by atoms with Gasteiger partial charge in [-0.3, -0.25) is 0 Å². The Morgan fingerprint density at radius 1 is 0.600 bits per heavy atom. The van der Waals surface area contributed by atoms with Crippen molar-refractivity contribution in [3.05, 3.63) is 162 Å². The first kappa shape index (κ1) is 23.9. The summed E-state index contributed by atoms with van der Waals surface area (Å²) >= 11 is 0. The summed E-state index contributed by atoms with van der Waals surface area (Å²) in [4.78, 5) is 3.62. The first-order valence-corrected chi connectivity index (χ1v) is 13.6. The molecule has 0 spiro atoms. The Kier molecular flexibility index (Phi) is 6.07. The van der Waals surface area contributed by atoms with Gasteiger partial charge in [-0.05, 0) is 45.5 Å². The van der Waals surface area contributed by atoms with E-state index in [1.807, 2.05) is 30.4 Å². The third-order valence-corrected chi connectivity index (χ3v) is 7.79. The number of benzene rings is 5. The maximum atomic E-state index is 8.65. The molecule has 0 radical (unpaired) electrons. The molecule has 1 aliphatic carbocycles. The highest BCUT2D eigenvalue weighted by molar-refractivity contribution is 6.11. The molecule has 2 heteroatoms. The van der Waals surface area contributed by atoms with Gasteiger partial charge in [-0.25, -0.2) is 0 Å². The van der Waals surface area contributed by atoms with Crippen LogP contribution in [0.3, 0.4) is 0 Å². The second-order valence-corrected chi connectivity index (χ2v) is 10.3. The molecule has 0 bridgehead atoms. The van der Waals surface area contributed by atoms with E-state index in [9.17, 15) is 0 Å². The maximum Gasteiger partial charge on any atom is 0.0544 e. The topological polar surface area (TPSA) is 39.6 Å². The van der Waals surface area contributed by atoms with Crippen molar-refractivity contribution in [2.75, 3.05) is 0 Å². The lowest BCUT2D eigenvalue weighted by molar-refractivity contribution is 1.06. The summed E-state index contributed by atoms with van der Waals surface area (Å²) in [6.07, 6.45) is 10.2. The molecular formula is C38H28N2. The minimum absolute atomic E-state index is 0.0711. The van der Waals surface area contributed by atoms with E-state index in [1.54, 1.807) is 0 Å². The molecule has 0 aliphatic heterocycles. The van der Waals surface area contributed by atoms with Gasteiger partial charge in [-0.1, -0.05) is 140 Å². The molecule has 1 atom stereocenters. The van der Waals surface area contributed by atoms with Gasteiger partial charge in [0, 0.05) is 27.6 Å². The number of fused-ring (bicyclic) bond motifs is 3. The minimum atomic E-state index is -0.0711. The first-order chi connectivity index (χ1) is 19.7. The highest BCUT2D eigenvalue weighted by atomic mass is 14.7. The van der Waals surface area contributed by atoms with Gasteiger partial charge in [0.1, 0.15) is 0 Å². The van der Waals surface area contributed by atoms with Crippen molar-refractivity contribution in [3.8, 4) is 22.3 Å². The lowest BCUT2D eigenvalue weighted by Crippen LogP contribution is -2.13. The lowest BCUT2D eigenvalue weighted by atomic mass is 9.83. The molecule has 1 aliphatic rings. The van der Waals surface area contributed by atoms with Gasteiger partial charge >= 0.3 is 0 Å². The van der Waals surface area contributed by atoms with E-state index in [4.69, 9.17) is 5.41 Å². The monoisotopic (exact) mass is 512 g/mol. The second-order valence-electron chi connectivity index (χ2n) is 10.3. The number of rotatable bonds is 5. The standard InChI is InChI=1S/C38H28N2/c39-35-14-6-10-30(17-16-26-8-2-1-3-9-26)37(35)31-24-20-28(21-25-31)27-18-22-29(23-19-27)32-12-7-13-34-33-11-4-5-15-36(33)40-38(32)34/h1-25,37,39-40H. The Bertz CT molecular complexity index is 1930. The summed E-state index contributed by atoms with van der Waals surface area (Å²) in [5.74, 6) is -0.0711. The molecule has 0 saturated carbocycles. The number of aromatic nitrogens is 1. The molecule has 2 N–H and O–H groups in total. The van der Waals surface area contributed by atoms with Crippen LogP contribution in [-0.2, 0) is 0 Å². The zero-order chi connectivity index (χ0) is 26.9. The van der Waals surface area contributed by atoms with Crippen molar-refractivity contribution in [3.63, 3.8) is 0 Å². The van der Waals surface area contributed by atoms with Crippen LogP contribution in [0.1, 0.15) is 17.0 Å². The molecule has 0 amide bonds. The molecule has 7 rings (SSSR count). The molecule has 1 unspecified atom stereocenters. The Balaban J connectivity index is 1.15. The van der Waals surface area contributed by atoms with Crippen molar-refractivity contribution >= 4 is 33.6 Å². The van der Waals surface area contributed by atoms with E-state index in [-0.39, 0.29) is 5.92 Å². The third kappa shape index (κ3) is 4.40. The van der Waals surface area contributed by atoms with Crippen molar-refractivity contribution in [1.29, 1.82) is 5.41 Å². The molecule has 6 aromatic rings. The predicted molar refractivity (Wildman–Crippen MR) is 170 cm³/mol. The van der Waals surface area contributed by atoms with Crippen molar-refractivity contribution in [1.82, 2.24) is 4.98 Å². The molecule has 0 saturated heterocycles. The number of hydrogen-bond acceptors (Lipinski definition) is 1. The Morgan fingerprint density at radius 3 is 2.08 bits per heavy atom. The summed E-state index contributed by atoms with van der Waals surface area (Å²) in [5, 5.41) is 11.2. The zero-order valence-corrected chi connectivity index (χ0v) is 22.0. The van der Waals surface area contributed by atoms with Crippen LogP contribution in [0.5, 0.6) is 0 Å². The Morgan fingerprint density at radius 2 is 1.27 bits per heavy atom. The van der Waals surface area contributed by atoms with E-state index in [1.165, 1.54) is 38.5 Å². The van der Waals surface area contributed by atoms with E-state index < -0.39 is 0 Å². The maximum absolute atomic E-state index is 8.65. The van der Waals surface area contributed by atoms with Gasteiger partial charge in [0.25, 0.3) is 0 Å². The molecule has 40 heavy (non-hydrogen) atoms. The number of allylic oxidation sites excluding steroid dienone is 5. The van der Waals surface area contributed by atoms with Crippen LogP contribution in [0.4, 0.5) is 0 Å². The zero-order valence-electron chi connectivity index (χ0n) is 22.0. The molecular weight excluding hydrogens is 484 g/mol. The van der Waals surface area contributed by atoms with Crippen LogP contribution in [0.25, 0.3) is 50.1 Å². The van der Waals surface area contributed by atoms with Crippen LogP contribution in [-0.4, -0.2) is 10.7 Å². The van der Waals surface area contributed by atoms with Crippen molar-refractivity contribution < 1.29 is 0 Å². The summed E-state index contributed by atoms with van der Waals surface area (Å²) in [5.41, 5.74) is 11.1. The SMILES string of the molecule is N=C1C=CC=C(C=Cc2ccccc2)C1c1ccc(-c2ccc(-c3cccc4c3[nH]c3ccccc34)cc2)cc1. The smallest absolute Gasteiger partial charge is 0.0544 e. The van der Waals surface area contributed by atoms with E-state index >= 15 is 0 Å². The predicted octanol–water partition coefficient (Wildman–Crippen LogP) is 9.97. The van der Waals surface area contributed by atoms with E-state index in [2.05, 4.69) is 126 Å². The fourth-order valence-electron chi connectivity index (χ4n) is 5.74. The quantitative estimate of drug-likeness (QED) is 0.231. The average molecular weight is 513 g/mol. The highest BCUT2D eigenvalue weighted by Gasteiger charge is 2.21. The molecule has 1 aromatic heterocycles. The second kappa shape index (κ2) is 10.2. The molecule has 1 heterocycles. The molecule has 2 nitrogen and oxygen atoms in total. The average Bonchev–Trinajstić information content (AvgIpc) is 3.40. The first-order valence-electron chi connectivity index (χ1n) is 13.6. The molecule has 0 fully saturated rings. The van der Waals surface area contributed by atoms with Gasteiger partial charge in [0.05, 0.1) is 11.4 Å². The minimum Gasteiger partial charge on any atom is -0.354 e. The fraction of sp³-hybridized carbons (Fsp3) is 0.0263. The van der Waals surface area contributed by atoms with Crippen LogP contribution < -0.4 is 0 Å². The van der Waals surface area contributed by atoms with E-state index in [0.717, 1.165) is 22.2 Å².